The lowest BCUT2D eigenvalue weighted by molar-refractivity contribution is 0.522. The molecule has 1 heterocycles. The minimum atomic E-state index is 0.189. The third-order valence-electron chi connectivity index (χ3n) is 4.06. The van der Waals surface area contributed by atoms with Crippen LogP contribution in [-0.2, 0) is 13.1 Å². The Kier molecular flexibility index (Phi) is 7.00. The Bertz CT molecular complexity index is 477. The van der Waals surface area contributed by atoms with E-state index in [2.05, 4.69) is 32.2 Å². The lowest BCUT2D eigenvalue weighted by atomic mass is 10.1. The second kappa shape index (κ2) is 8.25. The highest BCUT2D eigenvalue weighted by Gasteiger charge is 2.11. The van der Waals surface area contributed by atoms with Gasteiger partial charge in [0.05, 0.1) is 0 Å². The zero-order chi connectivity index (χ0) is 15.1. The van der Waals surface area contributed by atoms with Crippen LogP contribution in [0.1, 0.15) is 63.3 Å². The summed E-state index contributed by atoms with van der Waals surface area (Å²) in [6.45, 7) is 12.1. The van der Waals surface area contributed by atoms with Crippen LogP contribution in [0.4, 0.5) is 0 Å². The van der Waals surface area contributed by atoms with Gasteiger partial charge < -0.3 is 9.88 Å². The van der Waals surface area contributed by atoms with Gasteiger partial charge in [0.15, 0.2) is 0 Å². The molecule has 0 aromatic carbocycles. The van der Waals surface area contributed by atoms with E-state index in [9.17, 15) is 4.79 Å². The number of nitrogens with one attached hydrogen (secondary N) is 1. The Labute approximate surface area is 123 Å². The zero-order valence-corrected chi connectivity index (χ0v) is 13.8. The molecule has 0 bridgehead atoms. The number of aryl methyl sites for hydroxylation is 2. The summed E-state index contributed by atoms with van der Waals surface area (Å²) in [6, 6.07) is 2.59. The second-order valence-electron chi connectivity index (χ2n) is 5.80. The van der Waals surface area contributed by atoms with Crippen LogP contribution < -0.4 is 10.9 Å². The van der Waals surface area contributed by atoms with Crippen LogP contribution in [0.2, 0.25) is 0 Å². The van der Waals surface area contributed by atoms with Crippen molar-refractivity contribution in [2.45, 2.75) is 79.4 Å². The molecular formula is C17H30N2O. The lowest BCUT2D eigenvalue weighted by Crippen LogP contribution is -2.32. The summed E-state index contributed by atoms with van der Waals surface area (Å²) in [5.41, 5.74) is 3.30. The molecular weight excluding hydrogens is 248 g/mol. The second-order valence-corrected chi connectivity index (χ2v) is 5.80. The largest absolute Gasteiger partial charge is 0.313 e. The van der Waals surface area contributed by atoms with Crippen molar-refractivity contribution in [1.29, 1.82) is 0 Å². The van der Waals surface area contributed by atoms with E-state index in [1.165, 1.54) is 12.8 Å². The average molecular weight is 278 g/mol. The van der Waals surface area contributed by atoms with E-state index in [0.29, 0.717) is 12.6 Å². The van der Waals surface area contributed by atoms with Gasteiger partial charge in [0.25, 0.3) is 5.56 Å². The van der Waals surface area contributed by atoms with E-state index in [1.54, 1.807) is 0 Å². The fraction of sp³-hybridized carbons (Fsp3) is 0.706. The smallest absolute Gasteiger partial charge is 0.255 e. The Morgan fingerprint density at radius 3 is 2.55 bits per heavy atom. The molecule has 20 heavy (non-hydrogen) atoms. The van der Waals surface area contributed by atoms with Crippen molar-refractivity contribution in [2.24, 2.45) is 0 Å². The Morgan fingerprint density at radius 1 is 1.25 bits per heavy atom. The van der Waals surface area contributed by atoms with E-state index < -0.39 is 0 Å². The molecule has 1 unspecified atom stereocenters. The van der Waals surface area contributed by atoms with Crippen LogP contribution in [-0.4, -0.2) is 10.6 Å². The molecule has 1 atom stereocenters. The van der Waals surface area contributed by atoms with Crippen molar-refractivity contribution in [3.05, 3.63) is 33.2 Å². The first-order valence-corrected chi connectivity index (χ1v) is 7.94. The first-order chi connectivity index (χ1) is 9.51. The van der Waals surface area contributed by atoms with Crippen LogP contribution >= 0.6 is 0 Å². The van der Waals surface area contributed by atoms with E-state index in [-0.39, 0.29) is 5.56 Å². The van der Waals surface area contributed by atoms with E-state index in [0.717, 1.165) is 36.2 Å². The maximum Gasteiger partial charge on any atom is 0.255 e. The molecule has 1 N–H and O–H groups in total. The molecule has 3 nitrogen and oxygen atoms in total. The first kappa shape index (κ1) is 17.0. The van der Waals surface area contributed by atoms with Crippen molar-refractivity contribution in [1.82, 2.24) is 9.88 Å². The van der Waals surface area contributed by atoms with E-state index in [4.69, 9.17) is 0 Å². The quantitative estimate of drug-likeness (QED) is 0.738. The SMILES string of the molecule is CCCCCn1c(C)cc(C)c(CNC(C)CC)c1=O. The normalized spacial score (nSPS) is 12.7. The zero-order valence-electron chi connectivity index (χ0n) is 13.8. The van der Waals surface area contributed by atoms with Gasteiger partial charge in [-0.3, -0.25) is 4.79 Å². The van der Waals surface area contributed by atoms with Gasteiger partial charge >= 0.3 is 0 Å². The Hall–Kier alpha value is -1.09. The molecule has 0 saturated carbocycles. The van der Waals surface area contributed by atoms with Crippen molar-refractivity contribution < 1.29 is 0 Å². The highest BCUT2D eigenvalue weighted by atomic mass is 16.1. The van der Waals surface area contributed by atoms with Crippen LogP contribution in [0.5, 0.6) is 0 Å². The average Bonchev–Trinajstić information content (AvgIpc) is 2.41. The predicted octanol–water partition coefficient (Wildman–Crippen LogP) is 3.54. The topological polar surface area (TPSA) is 34.0 Å². The number of hydrogen-bond acceptors (Lipinski definition) is 2. The summed E-state index contributed by atoms with van der Waals surface area (Å²) < 4.78 is 1.94. The van der Waals surface area contributed by atoms with Crippen molar-refractivity contribution in [3.8, 4) is 0 Å². The maximum atomic E-state index is 12.6. The third kappa shape index (κ3) is 4.48. The molecule has 1 aromatic heterocycles. The third-order valence-corrected chi connectivity index (χ3v) is 4.06. The minimum Gasteiger partial charge on any atom is -0.313 e. The number of aromatic nitrogens is 1. The molecule has 0 fully saturated rings. The number of nitrogens with zero attached hydrogens (tertiary/aromatic N) is 1. The van der Waals surface area contributed by atoms with Gasteiger partial charge in [-0.15, -0.1) is 0 Å². The molecule has 1 aromatic rings. The van der Waals surface area contributed by atoms with Crippen molar-refractivity contribution in [3.63, 3.8) is 0 Å². The highest BCUT2D eigenvalue weighted by Crippen LogP contribution is 2.08. The predicted molar refractivity (Wildman–Crippen MR) is 86.3 cm³/mol. The molecule has 0 aliphatic carbocycles. The van der Waals surface area contributed by atoms with E-state index in [1.807, 2.05) is 18.4 Å². The molecule has 0 aliphatic rings. The molecule has 1 rings (SSSR count). The Balaban J connectivity index is 2.94. The summed E-state index contributed by atoms with van der Waals surface area (Å²) in [5.74, 6) is 0. The van der Waals surface area contributed by atoms with Crippen LogP contribution in [0.15, 0.2) is 10.9 Å². The number of unbranched alkanes of at least 4 members (excludes halogenated alkanes) is 2. The standard InChI is InChI=1S/C17H30N2O/c1-6-8-9-10-19-15(5)11-13(3)16(17(19)20)12-18-14(4)7-2/h11,14,18H,6-10,12H2,1-5H3. The monoisotopic (exact) mass is 278 g/mol. The number of pyridine rings is 1. The highest BCUT2D eigenvalue weighted by molar-refractivity contribution is 5.26. The summed E-state index contributed by atoms with van der Waals surface area (Å²) in [5, 5.41) is 3.43. The summed E-state index contributed by atoms with van der Waals surface area (Å²) >= 11 is 0. The number of hydrogen-bond donors (Lipinski definition) is 1. The molecule has 0 amide bonds. The van der Waals surface area contributed by atoms with Gasteiger partial charge in [-0.1, -0.05) is 26.7 Å². The summed E-state index contributed by atoms with van der Waals surface area (Å²) in [6.07, 6.45) is 4.52. The van der Waals surface area contributed by atoms with Gasteiger partial charge in [0.1, 0.15) is 0 Å². The fourth-order valence-corrected chi connectivity index (χ4v) is 2.40. The van der Waals surface area contributed by atoms with Gasteiger partial charge in [0.2, 0.25) is 0 Å². The molecule has 0 radical (unpaired) electrons. The molecule has 3 heteroatoms. The maximum absolute atomic E-state index is 12.6. The fourth-order valence-electron chi connectivity index (χ4n) is 2.40. The molecule has 114 valence electrons. The van der Waals surface area contributed by atoms with Crippen molar-refractivity contribution in [2.75, 3.05) is 0 Å². The van der Waals surface area contributed by atoms with Gasteiger partial charge in [0, 0.05) is 30.4 Å². The van der Waals surface area contributed by atoms with Crippen LogP contribution in [0.25, 0.3) is 0 Å². The van der Waals surface area contributed by atoms with E-state index >= 15 is 0 Å². The summed E-state index contributed by atoms with van der Waals surface area (Å²) in [4.78, 5) is 12.6. The molecule has 0 aliphatic heterocycles. The van der Waals surface area contributed by atoms with Crippen LogP contribution in [0, 0.1) is 13.8 Å². The van der Waals surface area contributed by atoms with Gasteiger partial charge in [-0.05, 0) is 45.2 Å². The Morgan fingerprint density at radius 2 is 1.95 bits per heavy atom. The van der Waals surface area contributed by atoms with Crippen LogP contribution in [0.3, 0.4) is 0 Å². The van der Waals surface area contributed by atoms with Crippen molar-refractivity contribution >= 4 is 0 Å². The molecule has 0 saturated heterocycles. The van der Waals surface area contributed by atoms with Gasteiger partial charge in [-0.25, -0.2) is 0 Å². The number of rotatable bonds is 8. The lowest BCUT2D eigenvalue weighted by Gasteiger charge is -2.16. The van der Waals surface area contributed by atoms with Gasteiger partial charge in [-0.2, -0.15) is 0 Å². The first-order valence-electron chi connectivity index (χ1n) is 7.94. The molecule has 0 spiro atoms. The minimum absolute atomic E-state index is 0.189. The summed E-state index contributed by atoms with van der Waals surface area (Å²) in [7, 11) is 0.